The number of carbonyl (C=O) groups excluding carboxylic acids is 1. The van der Waals surface area contributed by atoms with Crippen LogP contribution in [0.1, 0.15) is 20.8 Å². The van der Waals surface area contributed by atoms with Gasteiger partial charge < -0.3 is 20.4 Å². The minimum absolute atomic E-state index is 0.0483. The summed E-state index contributed by atoms with van der Waals surface area (Å²) in [7, 11) is 0. The van der Waals surface area contributed by atoms with Crippen LogP contribution < -0.4 is 5.32 Å². The lowest BCUT2D eigenvalue weighted by Crippen LogP contribution is -2.57. The van der Waals surface area contributed by atoms with Gasteiger partial charge in [0.05, 0.1) is 6.10 Å². The molecule has 1 rings (SSSR count). The van der Waals surface area contributed by atoms with E-state index in [-0.39, 0.29) is 6.04 Å². The summed E-state index contributed by atoms with van der Waals surface area (Å²) in [5, 5.41) is 20.9. The third-order valence-corrected chi connectivity index (χ3v) is 4.51. The molecule has 104 valence electrons. The Morgan fingerprint density at radius 3 is 2.56 bits per heavy atom. The van der Waals surface area contributed by atoms with Crippen LogP contribution in [0.3, 0.4) is 0 Å². The number of carboxylic acid groups (broad SMARTS) is 1. The number of amides is 2. The molecule has 2 amide bonds. The zero-order valence-electron chi connectivity index (χ0n) is 10.8. The standard InChI is InChI=1S/C11H20N2O4S/c1-6-8(3)18-5-4-13(6)11(17)12-9(7(2)14)10(15)16/h6-9,14H,4-5H2,1-3H3,(H,12,17)(H,15,16)/t6?,7-,8?,9+/m1/s1. The summed E-state index contributed by atoms with van der Waals surface area (Å²) in [4.78, 5) is 24.5. The van der Waals surface area contributed by atoms with Crippen molar-refractivity contribution in [3.8, 4) is 0 Å². The molecule has 0 aromatic heterocycles. The number of hydrogen-bond donors (Lipinski definition) is 3. The Hall–Kier alpha value is -0.950. The maximum Gasteiger partial charge on any atom is 0.328 e. The fraction of sp³-hybridized carbons (Fsp3) is 0.818. The van der Waals surface area contributed by atoms with Gasteiger partial charge in [0.1, 0.15) is 0 Å². The van der Waals surface area contributed by atoms with Crippen molar-refractivity contribution in [1.82, 2.24) is 10.2 Å². The van der Waals surface area contributed by atoms with Gasteiger partial charge in [-0.05, 0) is 13.8 Å². The number of thioether (sulfide) groups is 1. The van der Waals surface area contributed by atoms with Gasteiger partial charge >= 0.3 is 12.0 Å². The molecule has 1 heterocycles. The molecule has 1 aliphatic rings. The van der Waals surface area contributed by atoms with Crippen molar-refractivity contribution in [2.45, 2.75) is 44.2 Å². The molecule has 2 unspecified atom stereocenters. The molecule has 18 heavy (non-hydrogen) atoms. The SMILES string of the molecule is CC1SCCN(C(=O)N[C@H](C(=O)O)[C@@H](C)O)C1C. The molecule has 0 saturated carbocycles. The molecule has 4 atom stereocenters. The van der Waals surface area contributed by atoms with Gasteiger partial charge in [0.15, 0.2) is 6.04 Å². The second-order valence-electron chi connectivity index (χ2n) is 4.52. The molecule has 0 spiro atoms. The first-order valence-electron chi connectivity index (χ1n) is 5.94. The first-order chi connectivity index (χ1) is 8.34. The van der Waals surface area contributed by atoms with Crippen molar-refractivity contribution in [3.05, 3.63) is 0 Å². The van der Waals surface area contributed by atoms with Gasteiger partial charge in [0, 0.05) is 23.6 Å². The fourth-order valence-electron chi connectivity index (χ4n) is 1.82. The van der Waals surface area contributed by atoms with E-state index in [0.29, 0.717) is 11.8 Å². The van der Waals surface area contributed by atoms with Crippen LogP contribution in [-0.2, 0) is 4.79 Å². The molecular weight excluding hydrogens is 256 g/mol. The number of carboxylic acids is 1. The van der Waals surface area contributed by atoms with Crippen LogP contribution in [0.2, 0.25) is 0 Å². The molecule has 1 aliphatic heterocycles. The maximum atomic E-state index is 12.0. The molecular formula is C11H20N2O4S. The van der Waals surface area contributed by atoms with Crippen LogP contribution in [0.5, 0.6) is 0 Å². The Morgan fingerprint density at radius 2 is 2.06 bits per heavy atom. The Kier molecular flexibility index (Phi) is 5.28. The van der Waals surface area contributed by atoms with Crippen molar-refractivity contribution in [1.29, 1.82) is 0 Å². The van der Waals surface area contributed by atoms with Gasteiger partial charge in [-0.15, -0.1) is 0 Å². The predicted octanol–water partition coefficient (Wildman–Crippen LogP) is 0.356. The van der Waals surface area contributed by atoms with E-state index in [1.54, 1.807) is 16.7 Å². The van der Waals surface area contributed by atoms with E-state index in [1.807, 2.05) is 13.8 Å². The van der Waals surface area contributed by atoms with E-state index in [2.05, 4.69) is 5.32 Å². The molecule has 0 radical (unpaired) electrons. The summed E-state index contributed by atoms with van der Waals surface area (Å²) < 4.78 is 0. The smallest absolute Gasteiger partial charge is 0.328 e. The molecule has 1 saturated heterocycles. The number of nitrogens with zero attached hydrogens (tertiary/aromatic N) is 1. The highest BCUT2D eigenvalue weighted by molar-refractivity contribution is 8.00. The monoisotopic (exact) mass is 276 g/mol. The number of hydrogen-bond acceptors (Lipinski definition) is 4. The van der Waals surface area contributed by atoms with Crippen LogP contribution in [0, 0.1) is 0 Å². The highest BCUT2D eigenvalue weighted by Crippen LogP contribution is 2.24. The molecule has 6 nitrogen and oxygen atoms in total. The zero-order chi connectivity index (χ0) is 13.9. The fourth-order valence-corrected chi connectivity index (χ4v) is 2.92. The molecule has 0 aromatic rings. The van der Waals surface area contributed by atoms with Crippen LogP contribution in [0.25, 0.3) is 0 Å². The Balaban J connectivity index is 2.66. The first-order valence-corrected chi connectivity index (χ1v) is 6.99. The van der Waals surface area contributed by atoms with E-state index in [4.69, 9.17) is 5.11 Å². The van der Waals surface area contributed by atoms with Crippen molar-refractivity contribution >= 4 is 23.8 Å². The van der Waals surface area contributed by atoms with E-state index in [0.717, 1.165) is 5.75 Å². The quantitative estimate of drug-likeness (QED) is 0.692. The van der Waals surface area contributed by atoms with Gasteiger partial charge in [0.2, 0.25) is 0 Å². The normalized spacial score (nSPS) is 27.4. The zero-order valence-corrected chi connectivity index (χ0v) is 11.6. The van der Waals surface area contributed by atoms with Gasteiger partial charge in [-0.1, -0.05) is 6.92 Å². The molecule has 7 heteroatoms. The Bertz CT molecular complexity index is 324. The Labute approximate surface area is 111 Å². The number of aliphatic hydroxyl groups is 1. The minimum atomic E-state index is -1.27. The summed E-state index contributed by atoms with van der Waals surface area (Å²) in [6, 6.07) is -1.65. The van der Waals surface area contributed by atoms with Crippen LogP contribution in [-0.4, -0.2) is 62.8 Å². The number of carbonyl (C=O) groups is 2. The molecule has 0 bridgehead atoms. The van der Waals surface area contributed by atoms with Crippen LogP contribution in [0.15, 0.2) is 0 Å². The van der Waals surface area contributed by atoms with Crippen LogP contribution in [0.4, 0.5) is 4.79 Å². The summed E-state index contributed by atoms with van der Waals surface area (Å²) >= 11 is 1.79. The van der Waals surface area contributed by atoms with E-state index >= 15 is 0 Å². The number of urea groups is 1. The maximum absolute atomic E-state index is 12.0. The second-order valence-corrected chi connectivity index (χ2v) is 6.00. The van der Waals surface area contributed by atoms with Gasteiger partial charge in [-0.2, -0.15) is 11.8 Å². The molecule has 1 fully saturated rings. The van der Waals surface area contributed by atoms with Gasteiger partial charge in [0.25, 0.3) is 0 Å². The van der Waals surface area contributed by atoms with Crippen molar-refractivity contribution < 1.29 is 19.8 Å². The third-order valence-electron chi connectivity index (χ3n) is 3.17. The number of rotatable bonds is 3. The lowest BCUT2D eigenvalue weighted by molar-refractivity contribution is -0.141. The average molecular weight is 276 g/mol. The summed E-state index contributed by atoms with van der Waals surface area (Å²) in [5.74, 6) is -0.392. The van der Waals surface area contributed by atoms with Gasteiger partial charge in [-0.3, -0.25) is 0 Å². The number of nitrogens with one attached hydrogen (secondary N) is 1. The summed E-state index contributed by atoms with van der Waals surface area (Å²) in [6.07, 6.45) is -1.13. The third kappa shape index (κ3) is 3.52. The number of aliphatic carboxylic acids is 1. The highest BCUT2D eigenvalue weighted by Gasteiger charge is 2.32. The van der Waals surface area contributed by atoms with Gasteiger partial charge in [-0.25, -0.2) is 9.59 Å². The van der Waals surface area contributed by atoms with Crippen molar-refractivity contribution in [3.63, 3.8) is 0 Å². The Morgan fingerprint density at radius 1 is 1.44 bits per heavy atom. The summed E-state index contributed by atoms with van der Waals surface area (Å²) in [6.45, 7) is 5.91. The van der Waals surface area contributed by atoms with Crippen LogP contribution >= 0.6 is 11.8 Å². The average Bonchev–Trinajstić information content (AvgIpc) is 2.28. The lowest BCUT2D eigenvalue weighted by Gasteiger charge is -2.38. The molecule has 0 aromatic carbocycles. The largest absolute Gasteiger partial charge is 0.480 e. The number of aliphatic hydroxyl groups excluding tert-OH is 1. The highest BCUT2D eigenvalue weighted by atomic mass is 32.2. The summed E-state index contributed by atoms with van der Waals surface area (Å²) in [5.41, 5.74) is 0. The lowest BCUT2D eigenvalue weighted by atomic mass is 10.2. The molecule has 0 aliphatic carbocycles. The van der Waals surface area contributed by atoms with Crippen molar-refractivity contribution in [2.24, 2.45) is 0 Å². The minimum Gasteiger partial charge on any atom is -0.480 e. The topological polar surface area (TPSA) is 89.9 Å². The van der Waals surface area contributed by atoms with E-state index < -0.39 is 24.1 Å². The van der Waals surface area contributed by atoms with E-state index in [1.165, 1.54) is 6.92 Å². The second kappa shape index (κ2) is 6.29. The van der Waals surface area contributed by atoms with E-state index in [9.17, 15) is 14.7 Å². The molecule has 3 N–H and O–H groups in total. The predicted molar refractivity (Wildman–Crippen MR) is 69.7 cm³/mol. The van der Waals surface area contributed by atoms with Crippen molar-refractivity contribution in [2.75, 3.05) is 12.3 Å². The first kappa shape index (κ1) is 15.1.